The van der Waals surface area contributed by atoms with Crippen molar-refractivity contribution in [1.29, 1.82) is 0 Å². The van der Waals surface area contributed by atoms with Crippen molar-refractivity contribution in [2.45, 2.75) is 12.5 Å². The van der Waals surface area contributed by atoms with Crippen molar-refractivity contribution in [2.75, 3.05) is 46.1 Å². The Bertz CT molecular complexity index is 1200. The minimum absolute atomic E-state index is 0.0706. The Morgan fingerprint density at radius 2 is 1.53 bits per heavy atom. The van der Waals surface area contributed by atoms with E-state index >= 15 is 0 Å². The molecular weight excluding hydrogens is 474 g/mol. The predicted molar refractivity (Wildman–Crippen MR) is 151 cm³/mol. The van der Waals surface area contributed by atoms with Gasteiger partial charge in [0.15, 0.2) is 11.5 Å². The molecule has 2 aliphatic rings. The normalized spacial score (nSPS) is 16.0. The van der Waals surface area contributed by atoms with Crippen molar-refractivity contribution in [1.82, 2.24) is 15.1 Å². The molecule has 0 bridgehead atoms. The van der Waals surface area contributed by atoms with Crippen LogP contribution in [0.3, 0.4) is 0 Å². The number of rotatable bonds is 10. The Morgan fingerprint density at radius 3 is 2.24 bits per heavy atom. The maximum absolute atomic E-state index is 12.2. The molecule has 0 spiro atoms. The highest BCUT2D eigenvalue weighted by atomic mass is 16.7. The van der Waals surface area contributed by atoms with Gasteiger partial charge in [-0.2, -0.15) is 0 Å². The SMILES string of the molecule is O=C(C=CC=Cc1ccc2c(c1)OCO2)NCCCN1CCN(C(c2ccccc2)c2ccccc2)CC1. The fourth-order valence-electron chi connectivity index (χ4n) is 5.03. The van der Waals surface area contributed by atoms with E-state index in [9.17, 15) is 4.79 Å². The zero-order valence-electron chi connectivity index (χ0n) is 21.7. The van der Waals surface area contributed by atoms with E-state index in [2.05, 4.69) is 75.8 Å². The minimum Gasteiger partial charge on any atom is -0.454 e. The molecule has 3 aromatic rings. The number of nitrogens with one attached hydrogen (secondary N) is 1. The lowest BCUT2D eigenvalue weighted by atomic mass is 9.96. The summed E-state index contributed by atoms with van der Waals surface area (Å²) in [5.41, 5.74) is 3.68. The third-order valence-corrected chi connectivity index (χ3v) is 7.00. The van der Waals surface area contributed by atoms with Crippen LogP contribution in [-0.4, -0.2) is 61.8 Å². The van der Waals surface area contributed by atoms with Gasteiger partial charge in [-0.15, -0.1) is 0 Å². The largest absolute Gasteiger partial charge is 0.454 e. The quantitative estimate of drug-likeness (QED) is 0.239. The molecule has 1 N–H and O–H groups in total. The fourth-order valence-corrected chi connectivity index (χ4v) is 5.03. The lowest BCUT2D eigenvalue weighted by Gasteiger charge is -2.39. The number of piperazine rings is 1. The first kappa shape index (κ1) is 25.8. The van der Waals surface area contributed by atoms with Gasteiger partial charge < -0.3 is 19.7 Å². The molecule has 0 atom stereocenters. The number of nitrogens with zero attached hydrogens (tertiary/aromatic N) is 2. The van der Waals surface area contributed by atoms with E-state index < -0.39 is 0 Å². The molecule has 1 saturated heterocycles. The van der Waals surface area contributed by atoms with E-state index in [1.807, 2.05) is 30.4 Å². The minimum atomic E-state index is -0.0706. The van der Waals surface area contributed by atoms with Gasteiger partial charge in [-0.3, -0.25) is 9.69 Å². The maximum atomic E-state index is 12.2. The number of allylic oxidation sites excluding steroid dienone is 2. The zero-order valence-corrected chi connectivity index (χ0v) is 21.7. The number of fused-ring (bicyclic) bond motifs is 1. The third kappa shape index (κ3) is 6.91. The number of amides is 1. The molecule has 6 heteroatoms. The van der Waals surface area contributed by atoms with Crippen LogP contribution in [-0.2, 0) is 4.79 Å². The molecule has 1 fully saturated rings. The van der Waals surface area contributed by atoms with Gasteiger partial charge >= 0.3 is 0 Å². The molecule has 2 heterocycles. The highest BCUT2D eigenvalue weighted by Gasteiger charge is 2.26. The van der Waals surface area contributed by atoms with Crippen LogP contribution in [0.2, 0.25) is 0 Å². The Labute approximate surface area is 225 Å². The number of hydrogen-bond donors (Lipinski definition) is 1. The van der Waals surface area contributed by atoms with Crippen LogP contribution in [0.5, 0.6) is 11.5 Å². The van der Waals surface area contributed by atoms with E-state index in [0.717, 1.165) is 56.2 Å². The zero-order chi connectivity index (χ0) is 26.0. The summed E-state index contributed by atoms with van der Waals surface area (Å²) in [5.74, 6) is 1.45. The molecule has 0 saturated carbocycles. The molecule has 5 rings (SSSR count). The third-order valence-electron chi connectivity index (χ3n) is 7.00. The van der Waals surface area contributed by atoms with Crippen LogP contribution in [0.1, 0.15) is 29.2 Å². The number of benzene rings is 3. The maximum Gasteiger partial charge on any atom is 0.243 e. The Morgan fingerprint density at radius 1 is 0.842 bits per heavy atom. The second kappa shape index (κ2) is 13.1. The summed E-state index contributed by atoms with van der Waals surface area (Å²) in [7, 11) is 0. The van der Waals surface area contributed by atoms with Gasteiger partial charge in [0.2, 0.25) is 12.7 Å². The average Bonchev–Trinajstić information content (AvgIpc) is 3.44. The smallest absolute Gasteiger partial charge is 0.243 e. The van der Waals surface area contributed by atoms with Crippen molar-refractivity contribution in [3.05, 3.63) is 114 Å². The summed E-state index contributed by atoms with van der Waals surface area (Å²) in [6.45, 7) is 6.05. The molecule has 1 amide bonds. The van der Waals surface area contributed by atoms with Crippen molar-refractivity contribution in [3.8, 4) is 11.5 Å². The lowest BCUT2D eigenvalue weighted by Crippen LogP contribution is -2.48. The van der Waals surface area contributed by atoms with Gasteiger partial charge in [0.25, 0.3) is 0 Å². The molecule has 3 aromatic carbocycles. The van der Waals surface area contributed by atoms with E-state index in [-0.39, 0.29) is 18.7 Å². The van der Waals surface area contributed by atoms with E-state index in [1.54, 1.807) is 12.2 Å². The summed E-state index contributed by atoms with van der Waals surface area (Å²) in [5, 5.41) is 2.99. The monoisotopic (exact) mass is 509 g/mol. The van der Waals surface area contributed by atoms with Gasteiger partial charge in [0, 0.05) is 38.8 Å². The van der Waals surface area contributed by atoms with Crippen LogP contribution in [0, 0.1) is 0 Å². The molecule has 0 aliphatic carbocycles. The molecule has 196 valence electrons. The molecule has 2 aliphatic heterocycles. The number of carbonyl (C=O) groups is 1. The molecule has 6 nitrogen and oxygen atoms in total. The van der Waals surface area contributed by atoms with Crippen LogP contribution in [0.4, 0.5) is 0 Å². The Balaban J connectivity index is 1.02. The van der Waals surface area contributed by atoms with Crippen molar-refractivity contribution >= 4 is 12.0 Å². The van der Waals surface area contributed by atoms with Gasteiger partial charge in [-0.1, -0.05) is 85.0 Å². The van der Waals surface area contributed by atoms with Gasteiger partial charge in [0.05, 0.1) is 6.04 Å². The standard InChI is InChI=1S/C32H35N3O3/c36-31(15-8-7-10-26-16-17-29-30(24-26)38-25-37-29)33-18-9-19-34-20-22-35(23-21-34)32(27-11-3-1-4-12-27)28-13-5-2-6-14-28/h1-8,10-17,24,32H,9,18-23,25H2,(H,33,36). The first-order chi connectivity index (χ1) is 18.8. The van der Waals surface area contributed by atoms with Crippen molar-refractivity contribution in [3.63, 3.8) is 0 Å². The fraction of sp³-hybridized carbons (Fsp3) is 0.281. The summed E-state index contributed by atoms with van der Waals surface area (Å²) in [4.78, 5) is 17.2. The van der Waals surface area contributed by atoms with Crippen LogP contribution >= 0.6 is 0 Å². The topological polar surface area (TPSA) is 54.0 Å². The Kier molecular flexibility index (Phi) is 8.87. The van der Waals surface area contributed by atoms with E-state index in [0.29, 0.717) is 6.54 Å². The molecule has 0 radical (unpaired) electrons. The number of hydrogen-bond acceptors (Lipinski definition) is 5. The lowest BCUT2D eigenvalue weighted by molar-refractivity contribution is -0.116. The van der Waals surface area contributed by atoms with Gasteiger partial charge in [-0.25, -0.2) is 0 Å². The second-order valence-corrected chi connectivity index (χ2v) is 9.58. The molecule has 0 unspecified atom stereocenters. The summed E-state index contributed by atoms with van der Waals surface area (Å²) in [6.07, 6.45) is 8.05. The van der Waals surface area contributed by atoms with Gasteiger partial charge in [0.1, 0.15) is 0 Å². The predicted octanol–water partition coefficient (Wildman–Crippen LogP) is 4.90. The highest BCUT2D eigenvalue weighted by molar-refractivity contribution is 5.87. The highest BCUT2D eigenvalue weighted by Crippen LogP contribution is 2.33. The number of ether oxygens (including phenoxy) is 2. The number of carbonyl (C=O) groups excluding carboxylic acids is 1. The van der Waals surface area contributed by atoms with Crippen LogP contribution in [0.15, 0.2) is 97.1 Å². The molecular formula is C32H35N3O3. The van der Waals surface area contributed by atoms with Crippen molar-refractivity contribution in [2.24, 2.45) is 0 Å². The first-order valence-electron chi connectivity index (χ1n) is 13.3. The van der Waals surface area contributed by atoms with E-state index in [1.165, 1.54) is 11.1 Å². The second-order valence-electron chi connectivity index (χ2n) is 9.58. The van der Waals surface area contributed by atoms with E-state index in [4.69, 9.17) is 9.47 Å². The summed E-state index contributed by atoms with van der Waals surface area (Å²) >= 11 is 0. The molecule has 0 aromatic heterocycles. The van der Waals surface area contributed by atoms with Crippen molar-refractivity contribution < 1.29 is 14.3 Å². The first-order valence-corrected chi connectivity index (χ1v) is 13.3. The summed E-state index contributed by atoms with van der Waals surface area (Å²) in [6, 6.07) is 27.6. The Hall–Kier alpha value is -3.87. The summed E-state index contributed by atoms with van der Waals surface area (Å²) < 4.78 is 10.7. The van der Waals surface area contributed by atoms with Gasteiger partial charge in [-0.05, 0) is 41.8 Å². The average molecular weight is 510 g/mol. The van der Waals surface area contributed by atoms with Crippen LogP contribution < -0.4 is 14.8 Å². The van der Waals surface area contributed by atoms with Crippen LogP contribution in [0.25, 0.3) is 6.08 Å². The molecule has 38 heavy (non-hydrogen) atoms.